The quantitative estimate of drug-likeness (QED) is 0.716. The van der Waals surface area contributed by atoms with Crippen molar-refractivity contribution < 1.29 is 8.78 Å². The molecule has 1 atom stereocenters. The summed E-state index contributed by atoms with van der Waals surface area (Å²) in [4.78, 5) is 0. The molecular weight excluding hydrogens is 172 g/mol. The highest BCUT2D eigenvalue weighted by Gasteiger charge is 2.32. The van der Waals surface area contributed by atoms with Crippen LogP contribution in [-0.2, 0) is 0 Å². The van der Waals surface area contributed by atoms with Gasteiger partial charge in [0.2, 0.25) is 6.43 Å². The van der Waals surface area contributed by atoms with Gasteiger partial charge in [0.25, 0.3) is 0 Å². The lowest BCUT2D eigenvalue weighted by Crippen LogP contribution is -2.33. The minimum atomic E-state index is -2.21. The average Bonchev–Trinajstić information content (AvgIpc) is 1.76. The van der Waals surface area contributed by atoms with Crippen LogP contribution in [0.15, 0.2) is 0 Å². The summed E-state index contributed by atoms with van der Waals surface area (Å²) in [7, 11) is 0. The molecule has 0 saturated heterocycles. The molecule has 1 nitrogen and oxygen atoms in total. The molecule has 0 aliphatic heterocycles. The highest BCUT2D eigenvalue weighted by Crippen LogP contribution is 2.35. The average molecular weight is 186 g/mol. The molecule has 0 bridgehead atoms. The van der Waals surface area contributed by atoms with Gasteiger partial charge < -0.3 is 5.73 Å². The molecule has 0 heterocycles. The number of nitrogens with two attached hydrogens (primary N) is 1. The fourth-order valence-corrected chi connectivity index (χ4v) is 1.37. The van der Waals surface area contributed by atoms with Gasteiger partial charge in [0.1, 0.15) is 0 Å². The maximum atomic E-state index is 12.1. The van der Waals surface area contributed by atoms with E-state index in [1.165, 1.54) is 0 Å². The summed E-state index contributed by atoms with van der Waals surface area (Å²) in [6, 6.07) is 0. The normalized spacial score (nSPS) is 20.7. The van der Waals surface area contributed by atoms with Crippen LogP contribution in [0.4, 0.5) is 8.78 Å². The molecule has 1 fully saturated rings. The fourth-order valence-electron chi connectivity index (χ4n) is 1.37. The van der Waals surface area contributed by atoms with Crippen LogP contribution in [0.5, 0.6) is 0 Å². The summed E-state index contributed by atoms with van der Waals surface area (Å²) >= 11 is 0. The molecule has 0 radical (unpaired) electrons. The molecule has 1 aliphatic rings. The predicted molar refractivity (Wildman–Crippen MR) is 43.1 cm³/mol. The van der Waals surface area contributed by atoms with Crippen molar-refractivity contribution in [3.05, 3.63) is 0 Å². The summed E-state index contributed by atoms with van der Waals surface area (Å²) in [5, 5.41) is 0. The van der Waals surface area contributed by atoms with E-state index in [9.17, 15) is 8.78 Å². The number of halogens is 3. The zero-order chi connectivity index (χ0) is 7.56. The minimum absolute atomic E-state index is 0. The van der Waals surface area contributed by atoms with E-state index in [-0.39, 0.29) is 24.9 Å². The molecule has 11 heavy (non-hydrogen) atoms. The van der Waals surface area contributed by atoms with Gasteiger partial charge in [-0.1, -0.05) is 6.42 Å². The third kappa shape index (κ3) is 2.56. The summed E-state index contributed by atoms with van der Waals surface area (Å²) < 4.78 is 24.2. The van der Waals surface area contributed by atoms with Crippen molar-refractivity contribution in [2.75, 3.05) is 6.54 Å². The van der Waals surface area contributed by atoms with Gasteiger partial charge in [-0.25, -0.2) is 8.78 Å². The van der Waals surface area contributed by atoms with Crippen LogP contribution in [0.25, 0.3) is 0 Å². The molecular formula is C7H14ClF2N. The van der Waals surface area contributed by atoms with Crippen molar-refractivity contribution >= 4 is 12.4 Å². The van der Waals surface area contributed by atoms with Crippen LogP contribution in [0, 0.1) is 11.8 Å². The summed E-state index contributed by atoms with van der Waals surface area (Å²) in [6.45, 7) is 0.141. The Balaban J connectivity index is 0.000001000. The second-order valence-corrected chi connectivity index (χ2v) is 2.92. The lowest BCUT2D eigenvalue weighted by molar-refractivity contribution is 0.0231. The largest absolute Gasteiger partial charge is 0.330 e. The third-order valence-corrected chi connectivity index (χ3v) is 2.35. The summed E-state index contributed by atoms with van der Waals surface area (Å²) in [5.41, 5.74) is 5.20. The van der Waals surface area contributed by atoms with E-state index in [4.69, 9.17) is 5.73 Å². The first-order valence-electron chi connectivity index (χ1n) is 3.74. The third-order valence-electron chi connectivity index (χ3n) is 2.35. The Hall–Kier alpha value is 0.110. The molecule has 0 aromatic rings. The van der Waals surface area contributed by atoms with Gasteiger partial charge in [0.15, 0.2) is 0 Å². The predicted octanol–water partition coefficient (Wildman–Crippen LogP) is 2.05. The molecule has 0 amide bonds. The smallest absolute Gasteiger partial charge is 0.242 e. The molecule has 1 unspecified atom stereocenters. The van der Waals surface area contributed by atoms with Crippen LogP contribution < -0.4 is 5.73 Å². The summed E-state index contributed by atoms with van der Waals surface area (Å²) in [6.07, 6.45) is 0.794. The number of alkyl halides is 2. The lowest BCUT2D eigenvalue weighted by atomic mass is 9.76. The first-order chi connectivity index (χ1) is 4.75. The molecule has 4 heteroatoms. The zero-order valence-corrected chi connectivity index (χ0v) is 7.12. The lowest BCUT2D eigenvalue weighted by Gasteiger charge is -2.32. The van der Waals surface area contributed by atoms with Crippen LogP contribution in [0.3, 0.4) is 0 Å². The first-order valence-corrected chi connectivity index (χ1v) is 3.74. The molecule has 68 valence electrons. The standard InChI is InChI=1S/C7H13F2N.ClH/c8-7(9)6(4-10)5-2-1-3-5;/h5-7H,1-4,10H2;1H. The van der Waals surface area contributed by atoms with Crippen LogP contribution >= 0.6 is 12.4 Å². The van der Waals surface area contributed by atoms with E-state index in [1.54, 1.807) is 0 Å². The van der Waals surface area contributed by atoms with Crippen molar-refractivity contribution in [3.63, 3.8) is 0 Å². The molecule has 2 N–H and O–H groups in total. The van der Waals surface area contributed by atoms with Crippen molar-refractivity contribution in [3.8, 4) is 0 Å². The van der Waals surface area contributed by atoms with Gasteiger partial charge in [-0.2, -0.15) is 0 Å². The molecule has 0 aromatic heterocycles. The van der Waals surface area contributed by atoms with Crippen molar-refractivity contribution in [2.24, 2.45) is 17.6 Å². The Morgan fingerprint density at radius 3 is 2.00 bits per heavy atom. The Labute approximate surface area is 71.7 Å². The topological polar surface area (TPSA) is 26.0 Å². The maximum Gasteiger partial charge on any atom is 0.242 e. The first kappa shape index (κ1) is 11.1. The summed E-state index contributed by atoms with van der Waals surface area (Å²) in [5.74, 6) is -0.321. The minimum Gasteiger partial charge on any atom is -0.330 e. The molecule has 1 aliphatic carbocycles. The number of hydrogen-bond acceptors (Lipinski definition) is 1. The van der Waals surface area contributed by atoms with Crippen LogP contribution in [-0.4, -0.2) is 13.0 Å². The fraction of sp³-hybridized carbons (Fsp3) is 1.00. The van der Waals surface area contributed by atoms with Crippen LogP contribution in [0.1, 0.15) is 19.3 Å². The van der Waals surface area contributed by atoms with Gasteiger partial charge in [-0.05, 0) is 18.8 Å². The monoisotopic (exact) mass is 185 g/mol. The Morgan fingerprint density at radius 1 is 1.36 bits per heavy atom. The van der Waals surface area contributed by atoms with Crippen molar-refractivity contribution in [2.45, 2.75) is 25.7 Å². The molecule has 0 aromatic carbocycles. The zero-order valence-electron chi connectivity index (χ0n) is 6.30. The molecule has 0 spiro atoms. The van der Waals surface area contributed by atoms with E-state index in [1.807, 2.05) is 0 Å². The Bertz CT molecular complexity index is 107. The second kappa shape index (κ2) is 4.88. The van der Waals surface area contributed by atoms with E-state index < -0.39 is 12.3 Å². The van der Waals surface area contributed by atoms with Gasteiger partial charge in [0, 0.05) is 12.5 Å². The SMILES string of the molecule is Cl.NCC(C(F)F)C1CCC1. The molecule has 1 saturated carbocycles. The van der Waals surface area contributed by atoms with Gasteiger partial charge in [-0.3, -0.25) is 0 Å². The van der Waals surface area contributed by atoms with E-state index in [0.717, 1.165) is 19.3 Å². The van der Waals surface area contributed by atoms with Crippen LogP contribution in [0.2, 0.25) is 0 Å². The highest BCUT2D eigenvalue weighted by atomic mass is 35.5. The van der Waals surface area contributed by atoms with E-state index in [0.29, 0.717) is 0 Å². The second-order valence-electron chi connectivity index (χ2n) is 2.92. The Kier molecular flexibility index (Phi) is 4.93. The highest BCUT2D eigenvalue weighted by molar-refractivity contribution is 5.85. The van der Waals surface area contributed by atoms with Gasteiger partial charge in [0.05, 0.1) is 0 Å². The number of rotatable bonds is 3. The van der Waals surface area contributed by atoms with Gasteiger partial charge >= 0.3 is 0 Å². The molecule has 1 rings (SSSR count). The van der Waals surface area contributed by atoms with Gasteiger partial charge in [-0.15, -0.1) is 12.4 Å². The van der Waals surface area contributed by atoms with Crippen molar-refractivity contribution in [1.29, 1.82) is 0 Å². The number of hydrogen-bond donors (Lipinski definition) is 1. The van der Waals surface area contributed by atoms with E-state index in [2.05, 4.69) is 0 Å². The Morgan fingerprint density at radius 2 is 1.91 bits per heavy atom. The maximum absolute atomic E-state index is 12.1. The van der Waals surface area contributed by atoms with Crippen molar-refractivity contribution in [1.82, 2.24) is 0 Å². The van der Waals surface area contributed by atoms with E-state index >= 15 is 0 Å².